The van der Waals surface area contributed by atoms with Crippen molar-refractivity contribution in [3.8, 4) is 5.69 Å². The number of carbonyl (C=O) groups excluding carboxylic acids is 1. The van der Waals surface area contributed by atoms with E-state index in [0.717, 1.165) is 16.9 Å². The van der Waals surface area contributed by atoms with Gasteiger partial charge in [0.2, 0.25) is 5.82 Å². The molecule has 1 N–H and O–H groups in total. The lowest BCUT2D eigenvalue weighted by atomic mass is 9.93. The normalized spacial score (nSPS) is 16.7. The first kappa shape index (κ1) is 21.8. The first-order chi connectivity index (χ1) is 14.9. The van der Waals surface area contributed by atoms with E-state index in [1.165, 1.54) is 24.0 Å². The highest BCUT2D eigenvalue weighted by Crippen LogP contribution is 2.32. The molecule has 3 heterocycles. The smallest absolute Gasteiger partial charge is 0.342 e. The van der Waals surface area contributed by atoms with Gasteiger partial charge in [-0.1, -0.05) is 0 Å². The molecule has 1 amide bonds. The van der Waals surface area contributed by atoms with Crippen molar-refractivity contribution < 1.29 is 31.1 Å². The first-order valence-corrected chi connectivity index (χ1v) is 9.34. The third-order valence-corrected chi connectivity index (χ3v) is 4.93. The number of nitrogens with zero attached hydrogens (tertiary/aromatic N) is 6. The predicted octanol–water partition coefficient (Wildman–Crippen LogP) is 3.24. The highest BCUT2D eigenvalue weighted by molar-refractivity contribution is 5.91. The maximum atomic E-state index is 13.0. The van der Waals surface area contributed by atoms with E-state index in [0.29, 0.717) is 30.5 Å². The Morgan fingerprint density at radius 3 is 2.56 bits per heavy atom. The second-order valence-corrected chi connectivity index (χ2v) is 7.17. The first-order valence-electron chi connectivity index (χ1n) is 9.34. The largest absolute Gasteiger partial charge is 0.453 e. The van der Waals surface area contributed by atoms with E-state index in [-0.39, 0.29) is 5.69 Å². The van der Waals surface area contributed by atoms with Crippen LogP contribution < -0.4 is 5.32 Å². The molecule has 0 saturated heterocycles. The van der Waals surface area contributed by atoms with Gasteiger partial charge in [-0.25, -0.2) is 9.36 Å². The zero-order chi connectivity index (χ0) is 23.3. The Hall–Kier alpha value is -3.45. The lowest BCUT2D eigenvalue weighted by molar-refractivity contribution is -0.145. The van der Waals surface area contributed by atoms with Crippen molar-refractivity contribution in [3.05, 3.63) is 53.1 Å². The molecule has 14 heteroatoms. The van der Waals surface area contributed by atoms with Crippen molar-refractivity contribution in [2.24, 2.45) is 7.05 Å². The number of hydrogen-bond acceptors (Lipinski definition) is 5. The molecule has 0 aromatic carbocycles. The van der Waals surface area contributed by atoms with Crippen LogP contribution in [0.5, 0.6) is 0 Å². The van der Waals surface area contributed by atoms with Crippen LogP contribution in [0.1, 0.15) is 52.3 Å². The number of rotatable bonds is 3. The summed E-state index contributed by atoms with van der Waals surface area (Å²) in [6.07, 6.45) is -5.28. The van der Waals surface area contributed by atoms with Gasteiger partial charge in [-0.2, -0.15) is 36.4 Å². The van der Waals surface area contributed by atoms with E-state index in [1.54, 1.807) is 0 Å². The van der Waals surface area contributed by atoms with E-state index in [1.807, 2.05) is 0 Å². The van der Waals surface area contributed by atoms with E-state index >= 15 is 0 Å². The van der Waals surface area contributed by atoms with Crippen LogP contribution in [-0.4, -0.2) is 35.4 Å². The van der Waals surface area contributed by atoms with Crippen molar-refractivity contribution in [2.45, 2.75) is 37.7 Å². The van der Waals surface area contributed by atoms with Crippen molar-refractivity contribution in [1.82, 2.24) is 34.8 Å². The van der Waals surface area contributed by atoms with Gasteiger partial charge >= 0.3 is 12.4 Å². The molecule has 32 heavy (non-hydrogen) atoms. The quantitative estimate of drug-likeness (QED) is 0.608. The molecule has 0 saturated carbocycles. The van der Waals surface area contributed by atoms with Crippen molar-refractivity contribution in [1.29, 1.82) is 0 Å². The molecule has 3 aromatic heterocycles. The summed E-state index contributed by atoms with van der Waals surface area (Å²) in [6.45, 7) is 0. The van der Waals surface area contributed by atoms with E-state index in [2.05, 4.69) is 25.5 Å². The summed E-state index contributed by atoms with van der Waals surface area (Å²) < 4.78 is 79.3. The van der Waals surface area contributed by atoms with Crippen LogP contribution >= 0.6 is 0 Å². The maximum absolute atomic E-state index is 13.0. The van der Waals surface area contributed by atoms with E-state index in [4.69, 9.17) is 0 Å². The zero-order valence-electron chi connectivity index (χ0n) is 16.4. The highest BCUT2D eigenvalue weighted by atomic mass is 19.4. The number of aromatic nitrogens is 6. The number of fused-ring (bicyclic) bond motifs is 1. The van der Waals surface area contributed by atoms with Crippen LogP contribution in [0, 0.1) is 0 Å². The Bertz CT molecular complexity index is 1160. The number of carbonyl (C=O) groups is 1. The summed E-state index contributed by atoms with van der Waals surface area (Å²) in [5, 5.41) is 10.2. The number of pyridine rings is 1. The number of aryl methyl sites for hydroxylation is 2. The molecule has 1 aliphatic carbocycles. The van der Waals surface area contributed by atoms with Gasteiger partial charge in [0.1, 0.15) is 5.69 Å². The molecular formula is C18H15F6N7O. The molecule has 8 nitrogen and oxygen atoms in total. The molecule has 0 bridgehead atoms. The molecule has 170 valence electrons. The third-order valence-electron chi connectivity index (χ3n) is 4.93. The van der Waals surface area contributed by atoms with Crippen molar-refractivity contribution >= 4 is 5.91 Å². The Labute approximate surface area is 176 Å². The van der Waals surface area contributed by atoms with Crippen LogP contribution in [0.3, 0.4) is 0 Å². The number of hydrogen-bond donors (Lipinski definition) is 1. The second kappa shape index (κ2) is 7.60. The lowest BCUT2D eigenvalue weighted by Crippen LogP contribution is -2.32. The monoisotopic (exact) mass is 459 g/mol. The Morgan fingerprint density at radius 2 is 1.91 bits per heavy atom. The van der Waals surface area contributed by atoms with Gasteiger partial charge in [-0.3, -0.25) is 9.78 Å². The minimum Gasteiger partial charge on any atom is -0.342 e. The fourth-order valence-corrected chi connectivity index (χ4v) is 3.46. The molecule has 0 radical (unpaired) electrons. The van der Waals surface area contributed by atoms with Crippen LogP contribution in [0.4, 0.5) is 26.3 Å². The SMILES string of the molecule is Cn1nc(C(F)(F)F)nc1C(=O)N[C@H]1CCCc2nn(-c3ccnc(C(F)(F)F)c3)cc21. The number of alkyl halides is 6. The van der Waals surface area contributed by atoms with Crippen molar-refractivity contribution in [3.63, 3.8) is 0 Å². The van der Waals surface area contributed by atoms with Gasteiger partial charge in [-0.15, -0.1) is 5.10 Å². The van der Waals surface area contributed by atoms with Gasteiger partial charge < -0.3 is 5.32 Å². The number of halogens is 6. The maximum Gasteiger partial charge on any atom is 0.453 e. The van der Waals surface area contributed by atoms with Crippen LogP contribution in [-0.2, 0) is 25.8 Å². The molecule has 0 spiro atoms. The molecule has 1 atom stereocenters. The Morgan fingerprint density at radius 1 is 1.16 bits per heavy atom. The van der Waals surface area contributed by atoms with Gasteiger partial charge in [0.05, 0.1) is 17.4 Å². The molecule has 0 fully saturated rings. The highest BCUT2D eigenvalue weighted by Gasteiger charge is 2.38. The molecular weight excluding hydrogens is 444 g/mol. The topological polar surface area (TPSA) is 90.5 Å². The fraction of sp³-hybridized carbons (Fsp3) is 0.389. The van der Waals surface area contributed by atoms with E-state index < -0.39 is 41.6 Å². The van der Waals surface area contributed by atoms with Crippen LogP contribution in [0.25, 0.3) is 5.69 Å². The average Bonchev–Trinajstić information content (AvgIpc) is 3.32. The van der Waals surface area contributed by atoms with Gasteiger partial charge in [0, 0.05) is 25.0 Å². The summed E-state index contributed by atoms with van der Waals surface area (Å²) in [4.78, 5) is 19.1. The second-order valence-electron chi connectivity index (χ2n) is 7.17. The lowest BCUT2D eigenvalue weighted by Gasteiger charge is -2.22. The third kappa shape index (κ3) is 4.16. The van der Waals surface area contributed by atoms with Gasteiger partial charge in [0.15, 0.2) is 0 Å². The minimum absolute atomic E-state index is 0.134. The molecule has 4 rings (SSSR count). The van der Waals surface area contributed by atoms with Crippen LogP contribution in [0.2, 0.25) is 0 Å². The minimum atomic E-state index is -4.80. The molecule has 0 unspecified atom stereocenters. The number of nitrogens with one attached hydrogen (secondary N) is 1. The Kier molecular flexibility index (Phi) is 5.17. The Balaban J connectivity index is 1.60. The molecule has 3 aromatic rings. The molecule has 1 aliphatic rings. The zero-order valence-corrected chi connectivity index (χ0v) is 16.4. The summed E-state index contributed by atoms with van der Waals surface area (Å²) >= 11 is 0. The molecule has 0 aliphatic heterocycles. The summed E-state index contributed by atoms with van der Waals surface area (Å²) in [6, 6.07) is 1.61. The predicted molar refractivity (Wildman–Crippen MR) is 95.5 cm³/mol. The standard InChI is InChI=1S/C18H15F6N7O/c1-30-14(27-16(29-30)18(22,23)24)15(32)26-11-3-2-4-12-10(11)8-31(28-12)9-5-6-25-13(7-9)17(19,20)21/h5-8,11H,2-4H2,1H3,(H,26,32)/t11-/m0/s1. The van der Waals surface area contributed by atoms with E-state index in [9.17, 15) is 31.1 Å². The van der Waals surface area contributed by atoms with Crippen LogP contribution in [0.15, 0.2) is 24.5 Å². The summed E-state index contributed by atoms with van der Waals surface area (Å²) in [5.41, 5.74) is 0.194. The van der Waals surface area contributed by atoms with Gasteiger partial charge in [0.25, 0.3) is 11.7 Å². The van der Waals surface area contributed by atoms with Crippen molar-refractivity contribution in [2.75, 3.05) is 0 Å². The number of amides is 1. The summed E-state index contributed by atoms with van der Waals surface area (Å²) in [7, 11) is 1.17. The summed E-state index contributed by atoms with van der Waals surface area (Å²) in [5.74, 6) is -2.80. The van der Waals surface area contributed by atoms with Gasteiger partial charge in [-0.05, 0) is 31.4 Å². The average molecular weight is 459 g/mol. The fourth-order valence-electron chi connectivity index (χ4n) is 3.46.